The van der Waals surface area contributed by atoms with E-state index in [-0.39, 0.29) is 18.3 Å². The standard InChI is InChI=1S/C29H36N4O3S/c1-28(2,3)36-26(34)15-29(13-19-8-6-7-9-20(19)14-29)27(35)30-16-25-31-23-11-10-21(12-24(23)37-25)33-17-22(18-33)32(4)5/h6-12,22H,13-18H2,1-5H3,(H,30,35). The first-order chi connectivity index (χ1) is 17.5. The third kappa shape index (κ3) is 5.50. The van der Waals surface area contributed by atoms with Crippen LogP contribution in [0.3, 0.4) is 0 Å². The van der Waals surface area contributed by atoms with E-state index < -0.39 is 11.0 Å². The molecule has 1 aliphatic carbocycles. The summed E-state index contributed by atoms with van der Waals surface area (Å²) in [6.45, 7) is 7.95. The Balaban J connectivity index is 1.28. The lowest BCUT2D eigenvalue weighted by molar-refractivity contribution is -0.160. The Labute approximate surface area is 222 Å². The van der Waals surface area contributed by atoms with E-state index in [9.17, 15) is 9.59 Å². The van der Waals surface area contributed by atoms with E-state index in [1.807, 2.05) is 45.0 Å². The number of nitrogens with one attached hydrogen (secondary N) is 1. The molecule has 37 heavy (non-hydrogen) atoms. The minimum Gasteiger partial charge on any atom is -0.460 e. The SMILES string of the molecule is CN(C)C1CN(c2ccc3nc(CNC(=O)C4(CC(=O)OC(C)(C)C)Cc5ccccc5C4)sc3c2)C1. The Hall–Kier alpha value is -2.97. The lowest BCUT2D eigenvalue weighted by Gasteiger charge is -2.44. The molecule has 1 saturated heterocycles. The van der Waals surface area contributed by atoms with Crippen molar-refractivity contribution in [2.75, 3.05) is 32.1 Å². The van der Waals surface area contributed by atoms with Crippen LogP contribution in [0.2, 0.25) is 0 Å². The summed E-state index contributed by atoms with van der Waals surface area (Å²) in [6, 6.07) is 15.0. The molecule has 0 atom stereocenters. The normalized spacial score (nSPS) is 17.1. The van der Waals surface area contributed by atoms with Crippen LogP contribution in [0, 0.1) is 5.41 Å². The van der Waals surface area contributed by atoms with Gasteiger partial charge in [-0.25, -0.2) is 4.98 Å². The first-order valence-corrected chi connectivity index (χ1v) is 13.7. The third-order valence-electron chi connectivity index (χ3n) is 7.33. The highest BCUT2D eigenvalue weighted by Gasteiger charge is 2.46. The molecule has 1 aromatic heterocycles. The van der Waals surface area contributed by atoms with Crippen LogP contribution in [0.5, 0.6) is 0 Å². The molecule has 0 saturated carbocycles. The second kappa shape index (κ2) is 9.72. The van der Waals surface area contributed by atoms with Crippen LogP contribution in [0.4, 0.5) is 5.69 Å². The van der Waals surface area contributed by atoms with Gasteiger partial charge in [0.15, 0.2) is 0 Å². The van der Waals surface area contributed by atoms with Gasteiger partial charge in [0, 0.05) is 24.8 Å². The summed E-state index contributed by atoms with van der Waals surface area (Å²) < 4.78 is 6.72. The second-order valence-electron chi connectivity index (χ2n) is 11.6. The Morgan fingerprint density at radius 1 is 1.14 bits per heavy atom. The number of rotatable bonds is 7. The highest BCUT2D eigenvalue weighted by Crippen LogP contribution is 2.41. The highest BCUT2D eigenvalue weighted by atomic mass is 32.1. The highest BCUT2D eigenvalue weighted by molar-refractivity contribution is 7.18. The van der Waals surface area contributed by atoms with Gasteiger partial charge in [0.1, 0.15) is 10.6 Å². The van der Waals surface area contributed by atoms with E-state index in [2.05, 4.69) is 47.4 Å². The lowest BCUT2D eigenvalue weighted by atomic mass is 9.80. The number of ether oxygens (including phenoxy) is 1. The fraction of sp³-hybridized carbons (Fsp3) is 0.483. The Morgan fingerprint density at radius 3 is 2.43 bits per heavy atom. The molecular formula is C29H36N4O3S. The number of hydrogen-bond donors (Lipinski definition) is 1. The summed E-state index contributed by atoms with van der Waals surface area (Å²) >= 11 is 1.61. The largest absolute Gasteiger partial charge is 0.460 e. The second-order valence-corrected chi connectivity index (χ2v) is 12.7. The van der Waals surface area contributed by atoms with Crippen LogP contribution >= 0.6 is 11.3 Å². The molecule has 1 fully saturated rings. The zero-order chi connectivity index (χ0) is 26.4. The summed E-state index contributed by atoms with van der Waals surface area (Å²) in [4.78, 5) is 35.9. The predicted molar refractivity (Wildman–Crippen MR) is 148 cm³/mol. The number of amides is 1. The fourth-order valence-electron chi connectivity index (χ4n) is 5.28. The van der Waals surface area contributed by atoms with Gasteiger partial charge in [0.25, 0.3) is 0 Å². The van der Waals surface area contributed by atoms with Gasteiger partial charge in [-0.15, -0.1) is 11.3 Å². The molecule has 0 unspecified atom stereocenters. The molecule has 1 amide bonds. The third-order valence-corrected chi connectivity index (χ3v) is 8.35. The predicted octanol–water partition coefficient (Wildman–Crippen LogP) is 4.18. The van der Waals surface area contributed by atoms with Crippen LogP contribution in [-0.2, 0) is 33.7 Å². The van der Waals surface area contributed by atoms with Crippen LogP contribution in [0.25, 0.3) is 10.2 Å². The number of hydrogen-bond acceptors (Lipinski definition) is 7. The molecule has 2 aromatic carbocycles. The molecule has 1 aliphatic heterocycles. The van der Waals surface area contributed by atoms with Crippen molar-refractivity contribution in [2.45, 2.75) is 58.2 Å². The van der Waals surface area contributed by atoms with Crippen LogP contribution in [0.15, 0.2) is 42.5 Å². The van der Waals surface area contributed by atoms with Crippen molar-refractivity contribution in [3.63, 3.8) is 0 Å². The molecular weight excluding hydrogens is 484 g/mol. The minimum atomic E-state index is -0.851. The van der Waals surface area contributed by atoms with Gasteiger partial charge in [0.05, 0.1) is 28.6 Å². The van der Waals surface area contributed by atoms with Crippen molar-refractivity contribution in [3.8, 4) is 0 Å². The van der Waals surface area contributed by atoms with Crippen LogP contribution < -0.4 is 10.2 Å². The maximum absolute atomic E-state index is 13.6. The molecule has 2 aliphatic rings. The van der Waals surface area contributed by atoms with Gasteiger partial charge in [-0.1, -0.05) is 24.3 Å². The minimum absolute atomic E-state index is 0.0533. The average Bonchev–Trinajstić information content (AvgIpc) is 3.35. The summed E-state index contributed by atoms with van der Waals surface area (Å²) in [5, 5.41) is 3.97. The summed E-state index contributed by atoms with van der Waals surface area (Å²) in [7, 11) is 4.24. The molecule has 5 rings (SSSR count). The summed E-state index contributed by atoms with van der Waals surface area (Å²) in [5.74, 6) is -0.463. The fourth-order valence-corrected chi connectivity index (χ4v) is 6.22. The number of benzene rings is 2. The van der Waals surface area contributed by atoms with Crippen molar-refractivity contribution in [1.29, 1.82) is 0 Å². The van der Waals surface area contributed by atoms with Crippen molar-refractivity contribution >= 4 is 39.1 Å². The Morgan fingerprint density at radius 2 is 1.81 bits per heavy atom. The zero-order valence-electron chi connectivity index (χ0n) is 22.3. The zero-order valence-corrected chi connectivity index (χ0v) is 23.2. The van der Waals surface area contributed by atoms with E-state index in [0.29, 0.717) is 25.4 Å². The van der Waals surface area contributed by atoms with Gasteiger partial charge in [-0.3, -0.25) is 9.59 Å². The number of nitrogens with zero attached hydrogens (tertiary/aromatic N) is 3. The van der Waals surface area contributed by atoms with Crippen LogP contribution in [0.1, 0.15) is 43.3 Å². The molecule has 8 heteroatoms. The summed E-state index contributed by atoms with van der Waals surface area (Å²) in [6.07, 6.45) is 1.11. The van der Waals surface area contributed by atoms with Gasteiger partial charge in [-0.2, -0.15) is 0 Å². The smallest absolute Gasteiger partial charge is 0.307 e. The number of esters is 1. The number of anilines is 1. The molecule has 1 N–H and O–H groups in total. The molecule has 0 spiro atoms. The summed E-state index contributed by atoms with van der Waals surface area (Å²) in [5.41, 5.74) is 2.96. The van der Waals surface area contributed by atoms with Gasteiger partial charge in [0.2, 0.25) is 5.91 Å². The van der Waals surface area contributed by atoms with E-state index in [4.69, 9.17) is 9.72 Å². The van der Waals surface area contributed by atoms with Crippen molar-refractivity contribution in [1.82, 2.24) is 15.2 Å². The monoisotopic (exact) mass is 520 g/mol. The molecule has 7 nitrogen and oxygen atoms in total. The number of fused-ring (bicyclic) bond motifs is 2. The maximum atomic E-state index is 13.6. The van der Waals surface area contributed by atoms with Gasteiger partial charge in [-0.05, 0) is 77.0 Å². The first-order valence-electron chi connectivity index (χ1n) is 12.9. The Kier molecular flexibility index (Phi) is 6.75. The Bertz CT molecular complexity index is 1300. The topological polar surface area (TPSA) is 74.8 Å². The van der Waals surface area contributed by atoms with Gasteiger partial charge >= 0.3 is 5.97 Å². The first kappa shape index (κ1) is 25.7. The molecule has 0 bridgehead atoms. The molecule has 196 valence electrons. The average molecular weight is 521 g/mol. The number of carbonyl (C=O) groups excluding carboxylic acids is 2. The number of aromatic nitrogens is 1. The van der Waals surface area contributed by atoms with Crippen molar-refractivity contribution < 1.29 is 14.3 Å². The number of likely N-dealkylation sites (N-methyl/N-ethyl adjacent to an activating group) is 1. The number of carbonyl (C=O) groups is 2. The maximum Gasteiger partial charge on any atom is 0.307 e. The van der Waals surface area contributed by atoms with E-state index in [1.54, 1.807) is 11.3 Å². The number of thiazole rings is 1. The van der Waals surface area contributed by atoms with Crippen molar-refractivity contribution in [3.05, 3.63) is 58.6 Å². The van der Waals surface area contributed by atoms with E-state index in [1.165, 1.54) is 5.69 Å². The van der Waals surface area contributed by atoms with E-state index >= 15 is 0 Å². The lowest BCUT2D eigenvalue weighted by Crippen LogP contribution is -2.57. The van der Waals surface area contributed by atoms with E-state index in [0.717, 1.165) is 39.4 Å². The molecule has 2 heterocycles. The van der Waals surface area contributed by atoms with Crippen molar-refractivity contribution in [2.24, 2.45) is 5.41 Å². The molecule has 3 aromatic rings. The molecule has 0 radical (unpaired) electrons. The van der Waals surface area contributed by atoms with Crippen LogP contribution in [-0.4, -0.2) is 60.6 Å². The quantitative estimate of drug-likeness (QED) is 0.471. The van der Waals surface area contributed by atoms with Gasteiger partial charge < -0.3 is 19.9 Å².